The van der Waals surface area contributed by atoms with E-state index in [4.69, 9.17) is 0 Å². The van der Waals surface area contributed by atoms with E-state index < -0.39 is 0 Å². The zero-order valence-corrected chi connectivity index (χ0v) is 14.2. The lowest BCUT2D eigenvalue weighted by Gasteiger charge is -2.31. The Labute approximate surface area is 128 Å². The zero-order valence-electron chi connectivity index (χ0n) is 13.4. The van der Waals surface area contributed by atoms with Crippen LogP contribution in [-0.2, 0) is 4.79 Å². The van der Waals surface area contributed by atoms with Crippen molar-refractivity contribution in [3.63, 3.8) is 0 Å². The van der Waals surface area contributed by atoms with Gasteiger partial charge in [-0.2, -0.15) is 11.8 Å². The van der Waals surface area contributed by atoms with E-state index in [0.717, 1.165) is 13.0 Å². The van der Waals surface area contributed by atoms with Crippen LogP contribution in [0.15, 0.2) is 0 Å². The molecular weight excluding hydrogens is 268 g/mol. The Bertz CT molecular complexity index is 326. The second-order valence-electron chi connectivity index (χ2n) is 7.01. The molecule has 2 saturated heterocycles. The number of carbonyl (C=O) groups excluding carboxylic acids is 1. The van der Waals surface area contributed by atoms with Gasteiger partial charge in [0.25, 0.3) is 0 Å². The molecule has 3 nitrogen and oxygen atoms in total. The Hall–Kier alpha value is -0.220. The van der Waals surface area contributed by atoms with Gasteiger partial charge in [0.05, 0.1) is 12.2 Å². The minimum absolute atomic E-state index is 0.0207. The molecule has 1 N–H and O–H groups in total. The van der Waals surface area contributed by atoms with Crippen LogP contribution in [0, 0.1) is 11.8 Å². The van der Waals surface area contributed by atoms with Crippen LogP contribution in [0.5, 0.6) is 0 Å². The number of hydrogen-bond acceptors (Lipinski definition) is 3. The Morgan fingerprint density at radius 3 is 2.60 bits per heavy atom. The quantitative estimate of drug-likeness (QED) is 0.846. The van der Waals surface area contributed by atoms with Crippen LogP contribution < -0.4 is 5.32 Å². The maximum absolute atomic E-state index is 12.7. The van der Waals surface area contributed by atoms with E-state index >= 15 is 0 Å². The minimum atomic E-state index is 0.0207. The van der Waals surface area contributed by atoms with Crippen molar-refractivity contribution in [2.24, 2.45) is 11.8 Å². The Morgan fingerprint density at radius 2 is 2.05 bits per heavy atom. The fourth-order valence-corrected chi connectivity index (χ4v) is 4.51. The molecule has 2 rings (SSSR count). The minimum Gasteiger partial charge on any atom is -0.325 e. The average molecular weight is 298 g/mol. The third-order valence-electron chi connectivity index (χ3n) is 4.33. The predicted molar refractivity (Wildman–Crippen MR) is 86.8 cm³/mol. The van der Waals surface area contributed by atoms with Crippen LogP contribution in [0.25, 0.3) is 0 Å². The summed E-state index contributed by atoms with van der Waals surface area (Å²) in [5.74, 6) is 2.59. The molecular formula is C16H30N2OS. The monoisotopic (exact) mass is 298 g/mol. The SMILES string of the molecule is CC(C)CC1NC(C(C)C)C(=O)N1CC1CCCCS1. The fourth-order valence-electron chi connectivity index (χ4n) is 3.21. The number of nitrogens with zero attached hydrogens (tertiary/aromatic N) is 1. The molecule has 2 aliphatic rings. The molecule has 116 valence electrons. The van der Waals surface area contributed by atoms with Crippen molar-refractivity contribution in [1.29, 1.82) is 0 Å². The summed E-state index contributed by atoms with van der Waals surface area (Å²) in [6.07, 6.45) is 5.26. The van der Waals surface area contributed by atoms with E-state index in [-0.39, 0.29) is 12.2 Å². The normalized spacial score (nSPS) is 31.6. The first kappa shape index (κ1) is 16.2. The van der Waals surface area contributed by atoms with Crippen molar-refractivity contribution >= 4 is 17.7 Å². The molecule has 3 atom stereocenters. The molecule has 0 aromatic heterocycles. The molecule has 0 aliphatic carbocycles. The fraction of sp³-hybridized carbons (Fsp3) is 0.938. The third kappa shape index (κ3) is 3.91. The number of thioether (sulfide) groups is 1. The van der Waals surface area contributed by atoms with Crippen molar-refractivity contribution in [3.05, 3.63) is 0 Å². The van der Waals surface area contributed by atoms with Crippen LogP contribution in [-0.4, -0.2) is 40.6 Å². The smallest absolute Gasteiger partial charge is 0.241 e. The second-order valence-corrected chi connectivity index (χ2v) is 8.42. The van der Waals surface area contributed by atoms with Gasteiger partial charge in [0.2, 0.25) is 5.91 Å². The summed E-state index contributed by atoms with van der Waals surface area (Å²) in [4.78, 5) is 14.8. The second kappa shape index (κ2) is 7.17. The topological polar surface area (TPSA) is 32.3 Å². The number of amides is 1. The average Bonchev–Trinajstić information content (AvgIpc) is 2.68. The predicted octanol–water partition coefficient (Wildman–Crippen LogP) is 3.10. The summed E-state index contributed by atoms with van der Waals surface area (Å²) in [7, 11) is 0. The third-order valence-corrected chi connectivity index (χ3v) is 5.71. The summed E-state index contributed by atoms with van der Waals surface area (Å²) >= 11 is 2.06. The number of rotatable bonds is 5. The maximum atomic E-state index is 12.7. The highest BCUT2D eigenvalue weighted by Gasteiger charge is 2.41. The van der Waals surface area contributed by atoms with Gasteiger partial charge in [-0.15, -0.1) is 0 Å². The van der Waals surface area contributed by atoms with E-state index in [1.165, 1.54) is 25.0 Å². The van der Waals surface area contributed by atoms with Gasteiger partial charge in [-0.1, -0.05) is 34.1 Å². The number of nitrogens with one attached hydrogen (secondary N) is 1. The van der Waals surface area contributed by atoms with E-state index in [2.05, 4.69) is 49.7 Å². The molecule has 0 bridgehead atoms. The molecule has 0 saturated carbocycles. The van der Waals surface area contributed by atoms with Gasteiger partial charge in [0.1, 0.15) is 0 Å². The molecule has 0 aromatic rings. The summed E-state index contributed by atoms with van der Waals surface area (Å²) in [6.45, 7) is 9.70. The van der Waals surface area contributed by atoms with E-state index in [0.29, 0.717) is 23.0 Å². The van der Waals surface area contributed by atoms with Gasteiger partial charge in [-0.3, -0.25) is 10.1 Å². The van der Waals surface area contributed by atoms with Gasteiger partial charge in [0, 0.05) is 11.8 Å². The molecule has 20 heavy (non-hydrogen) atoms. The molecule has 0 spiro atoms. The van der Waals surface area contributed by atoms with Crippen LogP contribution >= 0.6 is 11.8 Å². The van der Waals surface area contributed by atoms with Crippen molar-refractivity contribution < 1.29 is 4.79 Å². The van der Waals surface area contributed by atoms with E-state index in [1.807, 2.05) is 0 Å². The first-order valence-corrected chi connectivity index (χ1v) is 9.22. The maximum Gasteiger partial charge on any atom is 0.241 e. The lowest BCUT2D eigenvalue weighted by Crippen LogP contribution is -2.42. The Kier molecular flexibility index (Phi) is 5.79. The molecule has 0 aromatic carbocycles. The van der Waals surface area contributed by atoms with Crippen molar-refractivity contribution in [2.75, 3.05) is 12.3 Å². The molecule has 0 radical (unpaired) electrons. The highest BCUT2D eigenvalue weighted by atomic mass is 32.2. The Balaban J connectivity index is 2.02. The first-order chi connectivity index (χ1) is 9.49. The Morgan fingerprint density at radius 1 is 1.30 bits per heavy atom. The molecule has 2 aliphatic heterocycles. The lowest BCUT2D eigenvalue weighted by molar-refractivity contribution is -0.130. The first-order valence-electron chi connectivity index (χ1n) is 8.17. The number of hydrogen-bond donors (Lipinski definition) is 1. The standard InChI is InChI=1S/C16H30N2OS/c1-11(2)9-14-17-15(12(3)4)16(19)18(14)10-13-7-5-6-8-20-13/h11-15,17H,5-10H2,1-4H3. The molecule has 2 fully saturated rings. The van der Waals surface area contributed by atoms with Crippen molar-refractivity contribution in [2.45, 2.75) is 70.8 Å². The molecule has 4 heteroatoms. The van der Waals surface area contributed by atoms with E-state index in [9.17, 15) is 4.79 Å². The zero-order chi connectivity index (χ0) is 14.7. The van der Waals surface area contributed by atoms with Crippen molar-refractivity contribution in [1.82, 2.24) is 10.2 Å². The summed E-state index contributed by atoms with van der Waals surface area (Å²) in [6, 6.07) is 0.0207. The van der Waals surface area contributed by atoms with Gasteiger partial charge < -0.3 is 4.90 Å². The van der Waals surface area contributed by atoms with Gasteiger partial charge in [0.15, 0.2) is 0 Å². The lowest BCUT2D eigenvalue weighted by atomic mass is 10.0. The highest BCUT2D eigenvalue weighted by Crippen LogP contribution is 2.29. The van der Waals surface area contributed by atoms with Crippen LogP contribution in [0.1, 0.15) is 53.4 Å². The highest BCUT2D eigenvalue weighted by molar-refractivity contribution is 7.99. The van der Waals surface area contributed by atoms with E-state index in [1.54, 1.807) is 0 Å². The van der Waals surface area contributed by atoms with Crippen LogP contribution in [0.2, 0.25) is 0 Å². The molecule has 3 unspecified atom stereocenters. The van der Waals surface area contributed by atoms with Crippen LogP contribution in [0.3, 0.4) is 0 Å². The summed E-state index contributed by atoms with van der Waals surface area (Å²) < 4.78 is 0. The molecule has 2 heterocycles. The largest absolute Gasteiger partial charge is 0.325 e. The molecule has 1 amide bonds. The summed E-state index contributed by atoms with van der Waals surface area (Å²) in [5, 5.41) is 4.23. The van der Waals surface area contributed by atoms with Gasteiger partial charge in [-0.05, 0) is 36.9 Å². The number of carbonyl (C=O) groups is 1. The van der Waals surface area contributed by atoms with Gasteiger partial charge in [-0.25, -0.2) is 0 Å². The summed E-state index contributed by atoms with van der Waals surface area (Å²) in [5.41, 5.74) is 0. The van der Waals surface area contributed by atoms with Crippen molar-refractivity contribution in [3.8, 4) is 0 Å². The van der Waals surface area contributed by atoms with Gasteiger partial charge >= 0.3 is 0 Å². The van der Waals surface area contributed by atoms with Crippen LogP contribution in [0.4, 0.5) is 0 Å².